The third kappa shape index (κ3) is 7.99. The molecule has 2 N–H and O–H groups in total. The molecule has 0 bridgehead atoms. The van der Waals surface area contributed by atoms with Gasteiger partial charge in [-0.15, -0.1) is 0 Å². The number of ether oxygens (including phenoxy) is 1. The van der Waals surface area contributed by atoms with E-state index in [1.807, 2.05) is 20.8 Å². The Morgan fingerprint density at radius 3 is 2.58 bits per heavy atom. The Labute approximate surface area is 144 Å². The average Bonchev–Trinajstić information content (AvgIpc) is 2.89. The zero-order valence-corrected chi connectivity index (χ0v) is 15.3. The highest BCUT2D eigenvalue weighted by Gasteiger charge is 2.05. The van der Waals surface area contributed by atoms with Gasteiger partial charge in [0, 0.05) is 19.5 Å². The number of nitrogens with zero attached hydrogens (tertiary/aromatic N) is 2. The number of aryl methyl sites for hydroxylation is 2. The lowest BCUT2D eigenvalue weighted by atomic mass is 10.1. The average molecular weight is 338 g/mol. The minimum atomic E-state index is -0.133. The summed E-state index contributed by atoms with van der Waals surface area (Å²) in [6.45, 7) is 7.92. The highest BCUT2D eigenvalue weighted by molar-refractivity contribution is 5.79. The van der Waals surface area contributed by atoms with Crippen molar-refractivity contribution < 1.29 is 13.9 Å². The van der Waals surface area contributed by atoms with Gasteiger partial charge in [-0.25, -0.2) is 9.98 Å². The lowest BCUT2D eigenvalue weighted by molar-refractivity contribution is -0.140. The van der Waals surface area contributed by atoms with E-state index in [9.17, 15) is 4.79 Å². The Hall–Kier alpha value is -2.05. The summed E-state index contributed by atoms with van der Waals surface area (Å²) in [5.41, 5.74) is 0.908. The van der Waals surface area contributed by atoms with Gasteiger partial charge in [0.1, 0.15) is 12.3 Å². The third-order valence-corrected chi connectivity index (χ3v) is 3.62. The molecular weight excluding hydrogens is 308 g/mol. The molecule has 1 rings (SSSR count). The van der Waals surface area contributed by atoms with Gasteiger partial charge in [-0.05, 0) is 33.6 Å². The fraction of sp³-hybridized carbons (Fsp3) is 0.706. The van der Waals surface area contributed by atoms with Gasteiger partial charge >= 0.3 is 5.97 Å². The SMILES string of the molecule is CCNC(=NCc1nc(C)c(C)o1)NCCCCCCC(=O)OC. The molecule has 1 aromatic rings. The fourth-order valence-electron chi connectivity index (χ4n) is 2.15. The molecule has 0 fully saturated rings. The Kier molecular flexibility index (Phi) is 9.56. The van der Waals surface area contributed by atoms with Crippen LogP contribution < -0.4 is 10.6 Å². The predicted octanol–water partition coefficient (Wildman–Crippen LogP) is 2.47. The molecule has 0 atom stereocenters. The standard InChI is InChI=1S/C17H30N4O3/c1-5-18-17(20-12-15-21-13(2)14(3)24-15)19-11-9-7-6-8-10-16(22)23-4/h5-12H2,1-4H3,(H2,18,19,20). The number of nitrogens with one attached hydrogen (secondary N) is 2. The maximum atomic E-state index is 11.0. The summed E-state index contributed by atoms with van der Waals surface area (Å²) >= 11 is 0. The molecule has 0 unspecified atom stereocenters. The van der Waals surface area contributed by atoms with Crippen molar-refractivity contribution in [1.82, 2.24) is 15.6 Å². The van der Waals surface area contributed by atoms with Crippen molar-refractivity contribution in [1.29, 1.82) is 0 Å². The number of guanidine groups is 1. The van der Waals surface area contributed by atoms with Crippen LogP contribution in [0.5, 0.6) is 0 Å². The van der Waals surface area contributed by atoms with Crippen LogP contribution in [0.15, 0.2) is 9.41 Å². The number of rotatable bonds is 10. The summed E-state index contributed by atoms with van der Waals surface area (Å²) in [7, 11) is 1.43. The monoisotopic (exact) mass is 338 g/mol. The number of carbonyl (C=O) groups excluding carboxylic acids is 1. The van der Waals surface area contributed by atoms with Crippen LogP contribution in [-0.2, 0) is 16.1 Å². The fourth-order valence-corrected chi connectivity index (χ4v) is 2.15. The second kappa shape index (κ2) is 11.5. The van der Waals surface area contributed by atoms with E-state index in [1.54, 1.807) is 0 Å². The summed E-state index contributed by atoms with van der Waals surface area (Å²) in [4.78, 5) is 19.8. The van der Waals surface area contributed by atoms with Gasteiger partial charge in [0.15, 0.2) is 5.96 Å². The first kappa shape index (κ1) is 20.0. The van der Waals surface area contributed by atoms with Crippen LogP contribution in [0.4, 0.5) is 0 Å². The highest BCUT2D eigenvalue weighted by atomic mass is 16.5. The molecule has 0 spiro atoms. The van der Waals surface area contributed by atoms with Crippen molar-refractivity contribution in [2.24, 2.45) is 4.99 Å². The molecule has 0 aliphatic heterocycles. The maximum Gasteiger partial charge on any atom is 0.305 e. The molecule has 0 aromatic carbocycles. The molecule has 7 heteroatoms. The van der Waals surface area contributed by atoms with Crippen molar-refractivity contribution >= 4 is 11.9 Å². The second-order valence-electron chi connectivity index (χ2n) is 5.61. The Morgan fingerprint density at radius 2 is 1.96 bits per heavy atom. The number of hydrogen-bond donors (Lipinski definition) is 2. The van der Waals surface area contributed by atoms with Crippen LogP contribution in [0, 0.1) is 13.8 Å². The van der Waals surface area contributed by atoms with E-state index in [4.69, 9.17) is 4.42 Å². The van der Waals surface area contributed by atoms with Crippen molar-refractivity contribution in [3.8, 4) is 0 Å². The number of carbonyl (C=O) groups is 1. The summed E-state index contributed by atoms with van der Waals surface area (Å²) in [5.74, 6) is 2.10. The molecule has 1 heterocycles. The molecule has 0 aliphatic carbocycles. The summed E-state index contributed by atoms with van der Waals surface area (Å²) < 4.78 is 10.2. The van der Waals surface area contributed by atoms with Crippen molar-refractivity contribution in [2.45, 2.75) is 59.4 Å². The van der Waals surface area contributed by atoms with Crippen LogP contribution in [-0.4, -0.2) is 37.1 Å². The molecule has 0 aliphatic rings. The van der Waals surface area contributed by atoms with Gasteiger partial charge in [-0.3, -0.25) is 4.79 Å². The van der Waals surface area contributed by atoms with Gasteiger partial charge in [0.25, 0.3) is 0 Å². The predicted molar refractivity (Wildman–Crippen MR) is 93.9 cm³/mol. The van der Waals surface area contributed by atoms with Gasteiger partial charge in [0.2, 0.25) is 5.89 Å². The van der Waals surface area contributed by atoms with E-state index in [0.717, 1.165) is 56.2 Å². The first-order valence-electron chi connectivity index (χ1n) is 8.58. The quantitative estimate of drug-likeness (QED) is 0.295. The number of oxazole rings is 1. The smallest absolute Gasteiger partial charge is 0.305 e. The van der Waals surface area contributed by atoms with Crippen molar-refractivity contribution in [2.75, 3.05) is 20.2 Å². The maximum absolute atomic E-state index is 11.0. The lowest BCUT2D eigenvalue weighted by Gasteiger charge is -2.10. The van der Waals surface area contributed by atoms with Crippen LogP contribution in [0.1, 0.15) is 56.4 Å². The van der Waals surface area contributed by atoms with Crippen LogP contribution in [0.3, 0.4) is 0 Å². The number of esters is 1. The number of unbranched alkanes of at least 4 members (excludes halogenated alkanes) is 3. The molecule has 1 aromatic heterocycles. The largest absolute Gasteiger partial charge is 0.469 e. The van der Waals surface area contributed by atoms with Gasteiger partial charge in [-0.2, -0.15) is 0 Å². The number of hydrogen-bond acceptors (Lipinski definition) is 5. The van der Waals surface area contributed by atoms with E-state index < -0.39 is 0 Å². The lowest BCUT2D eigenvalue weighted by Crippen LogP contribution is -2.37. The zero-order valence-electron chi connectivity index (χ0n) is 15.3. The molecule has 0 radical (unpaired) electrons. The van der Waals surface area contributed by atoms with E-state index in [-0.39, 0.29) is 5.97 Å². The molecule has 7 nitrogen and oxygen atoms in total. The van der Waals surface area contributed by atoms with Crippen LogP contribution in [0.2, 0.25) is 0 Å². The Balaban J connectivity index is 2.25. The zero-order chi connectivity index (χ0) is 17.8. The topological polar surface area (TPSA) is 88.8 Å². The molecule has 0 saturated carbocycles. The number of aromatic nitrogens is 1. The molecular formula is C17H30N4O3. The van der Waals surface area contributed by atoms with Gasteiger partial charge < -0.3 is 19.8 Å². The van der Waals surface area contributed by atoms with Crippen molar-refractivity contribution in [3.63, 3.8) is 0 Å². The second-order valence-corrected chi connectivity index (χ2v) is 5.61. The summed E-state index contributed by atoms with van der Waals surface area (Å²) in [6.07, 6.45) is 4.51. The van der Waals surface area contributed by atoms with E-state index in [2.05, 4.69) is 25.3 Å². The summed E-state index contributed by atoms with van der Waals surface area (Å²) in [6, 6.07) is 0. The normalized spacial score (nSPS) is 11.4. The molecule has 0 saturated heterocycles. The summed E-state index contributed by atoms with van der Waals surface area (Å²) in [5, 5.41) is 6.51. The van der Waals surface area contributed by atoms with Gasteiger partial charge in [-0.1, -0.05) is 12.8 Å². The number of methoxy groups -OCH3 is 1. The minimum absolute atomic E-state index is 0.133. The van der Waals surface area contributed by atoms with Crippen LogP contribution >= 0.6 is 0 Å². The Morgan fingerprint density at radius 1 is 1.21 bits per heavy atom. The Bertz CT molecular complexity index is 506. The van der Waals surface area contributed by atoms with Crippen LogP contribution in [0.25, 0.3) is 0 Å². The first-order chi connectivity index (χ1) is 11.6. The van der Waals surface area contributed by atoms with Crippen molar-refractivity contribution in [3.05, 3.63) is 17.3 Å². The highest BCUT2D eigenvalue weighted by Crippen LogP contribution is 2.09. The van der Waals surface area contributed by atoms with E-state index in [0.29, 0.717) is 18.9 Å². The number of aliphatic imine (C=N–C) groups is 1. The van der Waals surface area contributed by atoms with E-state index >= 15 is 0 Å². The molecule has 24 heavy (non-hydrogen) atoms. The molecule has 0 amide bonds. The van der Waals surface area contributed by atoms with Gasteiger partial charge in [0.05, 0.1) is 12.8 Å². The third-order valence-electron chi connectivity index (χ3n) is 3.62. The van der Waals surface area contributed by atoms with E-state index in [1.165, 1.54) is 7.11 Å². The first-order valence-corrected chi connectivity index (χ1v) is 8.58. The molecule has 136 valence electrons. The minimum Gasteiger partial charge on any atom is -0.469 e.